The molecule has 2 fully saturated rings. The van der Waals surface area contributed by atoms with Crippen molar-refractivity contribution < 1.29 is 23.9 Å². The van der Waals surface area contributed by atoms with Crippen molar-refractivity contribution in [3.63, 3.8) is 0 Å². The van der Waals surface area contributed by atoms with E-state index in [0.717, 1.165) is 6.20 Å². The predicted molar refractivity (Wildman–Crippen MR) is 98.3 cm³/mol. The Morgan fingerprint density at radius 3 is 2.72 bits per heavy atom. The third kappa shape index (κ3) is 4.02. The Labute approximate surface area is 166 Å². The standard InChI is InChI=1S/C19H20FN5O4/c20-14-9-13(10-21-11-14)16-4-8-29-25(16)17(26)12-2-6-24(7-3-12)19-22-5-1-15(23-19)18(27)28/h1,5,9-12,16H,2-4,6-8H2,(H,27,28). The molecule has 2 aliphatic rings. The van der Waals surface area contributed by atoms with Crippen LogP contribution in [0.4, 0.5) is 10.3 Å². The average molecular weight is 401 g/mol. The van der Waals surface area contributed by atoms with Gasteiger partial charge in [-0.3, -0.25) is 14.6 Å². The lowest BCUT2D eigenvalue weighted by Crippen LogP contribution is -2.42. The van der Waals surface area contributed by atoms with Gasteiger partial charge in [0.1, 0.15) is 5.82 Å². The van der Waals surface area contributed by atoms with E-state index in [-0.39, 0.29) is 23.6 Å². The molecule has 1 atom stereocenters. The van der Waals surface area contributed by atoms with E-state index >= 15 is 0 Å². The Morgan fingerprint density at radius 1 is 1.21 bits per heavy atom. The number of carbonyl (C=O) groups excluding carboxylic acids is 1. The fourth-order valence-electron chi connectivity index (χ4n) is 3.73. The number of piperidine rings is 1. The van der Waals surface area contributed by atoms with Gasteiger partial charge in [-0.2, -0.15) is 0 Å². The summed E-state index contributed by atoms with van der Waals surface area (Å²) in [4.78, 5) is 43.6. The predicted octanol–water partition coefficient (Wildman–Crippen LogP) is 1.83. The van der Waals surface area contributed by atoms with E-state index in [2.05, 4.69) is 15.0 Å². The van der Waals surface area contributed by atoms with Crippen molar-refractivity contribution in [2.45, 2.75) is 25.3 Å². The highest BCUT2D eigenvalue weighted by Gasteiger charge is 2.37. The number of nitrogens with zero attached hydrogens (tertiary/aromatic N) is 5. The molecule has 2 aliphatic heterocycles. The molecule has 2 saturated heterocycles. The summed E-state index contributed by atoms with van der Waals surface area (Å²) >= 11 is 0. The first-order chi connectivity index (χ1) is 14.0. The maximum atomic E-state index is 13.5. The summed E-state index contributed by atoms with van der Waals surface area (Å²) in [5.41, 5.74) is 0.553. The van der Waals surface area contributed by atoms with Crippen molar-refractivity contribution in [2.24, 2.45) is 5.92 Å². The third-order valence-electron chi connectivity index (χ3n) is 5.22. The molecule has 1 amide bonds. The van der Waals surface area contributed by atoms with Gasteiger partial charge in [0.2, 0.25) is 11.9 Å². The van der Waals surface area contributed by atoms with Gasteiger partial charge in [0, 0.05) is 37.8 Å². The minimum atomic E-state index is -1.11. The Balaban J connectivity index is 1.41. The number of halogens is 1. The summed E-state index contributed by atoms with van der Waals surface area (Å²) in [7, 11) is 0. The van der Waals surface area contributed by atoms with Gasteiger partial charge in [0.15, 0.2) is 5.69 Å². The van der Waals surface area contributed by atoms with Crippen LogP contribution in [-0.2, 0) is 9.63 Å². The number of hydroxylamine groups is 2. The Kier molecular flexibility index (Phi) is 5.34. The van der Waals surface area contributed by atoms with Crippen LogP contribution in [-0.4, -0.2) is 56.7 Å². The molecular formula is C19H20FN5O4. The van der Waals surface area contributed by atoms with Gasteiger partial charge in [-0.05, 0) is 30.5 Å². The highest BCUT2D eigenvalue weighted by Crippen LogP contribution is 2.33. The smallest absolute Gasteiger partial charge is 0.354 e. The minimum absolute atomic E-state index is 0.0646. The van der Waals surface area contributed by atoms with Crippen LogP contribution in [0.25, 0.3) is 0 Å². The first-order valence-electron chi connectivity index (χ1n) is 9.40. The average Bonchev–Trinajstić information content (AvgIpc) is 3.23. The molecular weight excluding hydrogens is 381 g/mol. The summed E-state index contributed by atoms with van der Waals surface area (Å²) in [6, 6.07) is 2.37. The summed E-state index contributed by atoms with van der Waals surface area (Å²) in [6.07, 6.45) is 5.81. The van der Waals surface area contributed by atoms with Crippen LogP contribution in [0.3, 0.4) is 0 Å². The Morgan fingerprint density at radius 2 is 2.00 bits per heavy atom. The van der Waals surface area contributed by atoms with E-state index in [4.69, 9.17) is 9.94 Å². The van der Waals surface area contributed by atoms with Crippen LogP contribution in [0.1, 0.15) is 41.4 Å². The molecule has 4 rings (SSSR count). The Hall–Kier alpha value is -3.14. The SMILES string of the molecule is O=C(O)c1ccnc(N2CCC(C(=O)N3OCCC3c3cncc(F)c3)CC2)n1. The minimum Gasteiger partial charge on any atom is -0.477 e. The zero-order chi connectivity index (χ0) is 20.4. The summed E-state index contributed by atoms with van der Waals surface area (Å²) < 4.78 is 13.5. The van der Waals surface area contributed by atoms with Crippen LogP contribution in [0.15, 0.2) is 30.7 Å². The monoisotopic (exact) mass is 401 g/mol. The molecule has 1 unspecified atom stereocenters. The number of hydrogen-bond acceptors (Lipinski definition) is 7. The number of carbonyl (C=O) groups is 2. The maximum absolute atomic E-state index is 13.5. The molecule has 0 aliphatic carbocycles. The lowest BCUT2D eigenvalue weighted by Gasteiger charge is -2.34. The van der Waals surface area contributed by atoms with E-state index in [1.807, 2.05) is 4.90 Å². The van der Waals surface area contributed by atoms with Crippen molar-refractivity contribution in [1.82, 2.24) is 20.0 Å². The third-order valence-corrected chi connectivity index (χ3v) is 5.22. The normalized spacial score (nSPS) is 20.1. The summed E-state index contributed by atoms with van der Waals surface area (Å²) in [6.45, 7) is 1.45. The Bertz CT molecular complexity index is 919. The van der Waals surface area contributed by atoms with E-state index in [0.29, 0.717) is 50.5 Å². The number of aromatic carboxylic acids is 1. The maximum Gasteiger partial charge on any atom is 0.354 e. The van der Waals surface area contributed by atoms with Crippen LogP contribution in [0.2, 0.25) is 0 Å². The number of pyridine rings is 1. The number of anilines is 1. The van der Waals surface area contributed by atoms with Gasteiger partial charge in [-0.15, -0.1) is 0 Å². The van der Waals surface area contributed by atoms with E-state index in [1.54, 1.807) is 6.20 Å². The number of carboxylic acid groups (broad SMARTS) is 1. The molecule has 4 heterocycles. The van der Waals surface area contributed by atoms with Crippen molar-refractivity contribution in [3.8, 4) is 0 Å². The van der Waals surface area contributed by atoms with Gasteiger partial charge in [-0.1, -0.05) is 0 Å². The van der Waals surface area contributed by atoms with E-state index in [1.165, 1.54) is 23.4 Å². The molecule has 10 heteroatoms. The van der Waals surface area contributed by atoms with Gasteiger partial charge in [-0.25, -0.2) is 24.2 Å². The molecule has 1 N–H and O–H groups in total. The molecule has 2 aromatic heterocycles. The molecule has 9 nitrogen and oxygen atoms in total. The number of rotatable bonds is 4. The second-order valence-corrected chi connectivity index (χ2v) is 7.05. The quantitative estimate of drug-likeness (QED) is 0.827. The summed E-state index contributed by atoms with van der Waals surface area (Å²) in [5, 5.41) is 10.4. The number of hydrogen-bond donors (Lipinski definition) is 1. The van der Waals surface area contributed by atoms with Crippen LogP contribution < -0.4 is 4.90 Å². The van der Waals surface area contributed by atoms with Crippen molar-refractivity contribution in [2.75, 3.05) is 24.6 Å². The van der Waals surface area contributed by atoms with Crippen molar-refractivity contribution >= 4 is 17.8 Å². The fraction of sp³-hybridized carbons (Fsp3) is 0.421. The molecule has 2 aromatic rings. The number of aromatic nitrogens is 3. The second-order valence-electron chi connectivity index (χ2n) is 7.05. The molecule has 29 heavy (non-hydrogen) atoms. The largest absolute Gasteiger partial charge is 0.477 e. The van der Waals surface area contributed by atoms with Gasteiger partial charge in [0.25, 0.3) is 0 Å². The molecule has 0 spiro atoms. The zero-order valence-electron chi connectivity index (χ0n) is 15.6. The number of carboxylic acids is 1. The van der Waals surface area contributed by atoms with E-state index in [9.17, 15) is 14.0 Å². The first kappa shape index (κ1) is 19.2. The van der Waals surface area contributed by atoms with Crippen molar-refractivity contribution in [3.05, 3.63) is 47.8 Å². The van der Waals surface area contributed by atoms with Gasteiger partial charge in [0.05, 0.1) is 18.8 Å². The lowest BCUT2D eigenvalue weighted by molar-refractivity contribution is -0.182. The van der Waals surface area contributed by atoms with Crippen LogP contribution in [0, 0.1) is 11.7 Å². The van der Waals surface area contributed by atoms with Crippen LogP contribution in [0.5, 0.6) is 0 Å². The van der Waals surface area contributed by atoms with Crippen molar-refractivity contribution in [1.29, 1.82) is 0 Å². The zero-order valence-corrected chi connectivity index (χ0v) is 15.6. The first-order valence-corrected chi connectivity index (χ1v) is 9.40. The molecule has 0 bridgehead atoms. The molecule has 152 valence electrons. The second kappa shape index (κ2) is 8.08. The highest BCUT2D eigenvalue weighted by molar-refractivity contribution is 5.85. The van der Waals surface area contributed by atoms with E-state index < -0.39 is 11.8 Å². The molecule has 0 saturated carbocycles. The fourth-order valence-corrected chi connectivity index (χ4v) is 3.73. The lowest BCUT2D eigenvalue weighted by atomic mass is 9.95. The van der Waals surface area contributed by atoms with Gasteiger partial charge < -0.3 is 10.0 Å². The van der Waals surface area contributed by atoms with Gasteiger partial charge >= 0.3 is 5.97 Å². The molecule has 0 radical (unpaired) electrons. The number of amides is 1. The molecule has 0 aromatic carbocycles. The topological polar surface area (TPSA) is 109 Å². The van der Waals surface area contributed by atoms with Crippen LogP contribution >= 0.6 is 0 Å². The highest BCUT2D eigenvalue weighted by atomic mass is 19.1. The summed E-state index contributed by atoms with van der Waals surface area (Å²) in [5.74, 6) is -1.58.